The van der Waals surface area contributed by atoms with E-state index in [9.17, 15) is 0 Å². The van der Waals surface area contributed by atoms with E-state index in [1.54, 1.807) is 0 Å². The van der Waals surface area contributed by atoms with Gasteiger partial charge in [-0.15, -0.1) is 0 Å². The third-order valence-electron chi connectivity index (χ3n) is 4.01. The Hall–Kier alpha value is -1.69. The summed E-state index contributed by atoms with van der Waals surface area (Å²) in [5, 5.41) is 12.2. The Labute approximate surface area is 124 Å². The second-order valence-electron chi connectivity index (χ2n) is 6.15. The highest BCUT2D eigenvalue weighted by Gasteiger charge is 2.26. The fraction of sp³-hybridized carbons (Fsp3) is 0.667. The van der Waals surface area contributed by atoms with E-state index in [4.69, 9.17) is 4.52 Å². The first-order valence-corrected chi connectivity index (χ1v) is 7.72. The van der Waals surface area contributed by atoms with Gasteiger partial charge in [0, 0.05) is 25.2 Å². The maximum Gasteiger partial charge on any atom is 0.226 e. The van der Waals surface area contributed by atoms with Gasteiger partial charge in [0.2, 0.25) is 5.89 Å². The van der Waals surface area contributed by atoms with Gasteiger partial charge in [-0.3, -0.25) is 10.00 Å². The quantitative estimate of drug-likeness (QED) is 0.913. The summed E-state index contributed by atoms with van der Waals surface area (Å²) in [6.45, 7) is 7.89. The maximum absolute atomic E-state index is 5.20. The van der Waals surface area contributed by atoms with E-state index in [0.717, 1.165) is 25.1 Å². The largest absolute Gasteiger partial charge is 0.339 e. The minimum Gasteiger partial charge on any atom is -0.339 e. The average molecular weight is 289 g/mol. The third kappa shape index (κ3) is 3.00. The summed E-state index contributed by atoms with van der Waals surface area (Å²) < 4.78 is 7.33. The standard InChI is InChI=1S/C15H23N5O/c1-4-13-17-14(19-21-13)15(2,3)16-10-11-9-12-7-5-6-8-20(12)18-11/h9,16H,4-8,10H2,1-3H3. The highest BCUT2D eigenvalue weighted by atomic mass is 16.5. The number of fused-ring (bicyclic) bond motifs is 1. The molecule has 1 aliphatic heterocycles. The molecule has 0 radical (unpaired) electrons. The monoisotopic (exact) mass is 289 g/mol. The molecule has 0 fully saturated rings. The summed E-state index contributed by atoms with van der Waals surface area (Å²) in [4.78, 5) is 4.41. The van der Waals surface area contributed by atoms with Crippen LogP contribution in [0.5, 0.6) is 0 Å². The zero-order valence-electron chi connectivity index (χ0n) is 13.0. The van der Waals surface area contributed by atoms with E-state index < -0.39 is 0 Å². The summed E-state index contributed by atoms with van der Waals surface area (Å²) in [5.74, 6) is 1.38. The summed E-state index contributed by atoms with van der Waals surface area (Å²) in [7, 11) is 0. The molecule has 0 spiro atoms. The molecule has 2 aromatic rings. The van der Waals surface area contributed by atoms with Crippen LogP contribution in [0, 0.1) is 0 Å². The van der Waals surface area contributed by atoms with Crippen molar-refractivity contribution in [1.29, 1.82) is 0 Å². The number of aromatic nitrogens is 4. The highest BCUT2D eigenvalue weighted by Crippen LogP contribution is 2.19. The van der Waals surface area contributed by atoms with E-state index in [-0.39, 0.29) is 5.54 Å². The number of hydrogen-bond acceptors (Lipinski definition) is 5. The van der Waals surface area contributed by atoms with Crippen molar-refractivity contribution in [3.8, 4) is 0 Å². The first-order chi connectivity index (χ1) is 10.1. The minimum absolute atomic E-state index is 0.332. The molecule has 114 valence electrons. The molecule has 0 atom stereocenters. The smallest absolute Gasteiger partial charge is 0.226 e. The predicted molar refractivity (Wildman–Crippen MR) is 78.7 cm³/mol. The number of nitrogens with zero attached hydrogens (tertiary/aromatic N) is 4. The summed E-state index contributed by atoms with van der Waals surface area (Å²) in [6, 6.07) is 2.20. The lowest BCUT2D eigenvalue weighted by Crippen LogP contribution is -2.37. The van der Waals surface area contributed by atoms with Crippen LogP contribution in [-0.2, 0) is 31.5 Å². The van der Waals surface area contributed by atoms with E-state index >= 15 is 0 Å². The van der Waals surface area contributed by atoms with Gasteiger partial charge in [0.05, 0.1) is 11.2 Å². The van der Waals surface area contributed by atoms with Crippen molar-refractivity contribution < 1.29 is 4.52 Å². The first kappa shape index (κ1) is 14.3. The van der Waals surface area contributed by atoms with Gasteiger partial charge in [-0.25, -0.2) is 0 Å². The van der Waals surface area contributed by atoms with Gasteiger partial charge in [0.15, 0.2) is 5.82 Å². The maximum atomic E-state index is 5.20. The number of hydrogen-bond donors (Lipinski definition) is 1. The molecule has 6 nitrogen and oxygen atoms in total. The second kappa shape index (κ2) is 5.60. The lowest BCUT2D eigenvalue weighted by atomic mass is 10.0. The summed E-state index contributed by atoms with van der Waals surface area (Å²) >= 11 is 0. The molecule has 1 N–H and O–H groups in total. The number of aryl methyl sites for hydroxylation is 3. The second-order valence-corrected chi connectivity index (χ2v) is 6.15. The van der Waals surface area contributed by atoms with Crippen molar-refractivity contribution in [3.05, 3.63) is 29.2 Å². The minimum atomic E-state index is -0.332. The molecule has 1 aliphatic rings. The fourth-order valence-corrected chi connectivity index (χ4v) is 2.61. The molecule has 0 amide bonds. The van der Waals surface area contributed by atoms with Gasteiger partial charge in [0.25, 0.3) is 0 Å². The summed E-state index contributed by atoms with van der Waals surface area (Å²) in [6.07, 6.45) is 4.40. The van der Waals surface area contributed by atoms with Crippen molar-refractivity contribution in [1.82, 2.24) is 25.2 Å². The van der Waals surface area contributed by atoms with Crippen molar-refractivity contribution in [2.45, 2.75) is 65.1 Å². The third-order valence-corrected chi connectivity index (χ3v) is 4.01. The topological polar surface area (TPSA) is 68.8 Å². The number of nitrogens with one attached hydrogen (secondary N) is 1. The van der Waals surface area contributed by atoms with Crippen LogP contribution in [0.15, 0.2) is 10.6 Å². The SMILES string of the molecule is CCc1nc(C(C)(C)NCc2cc3n(n2)CCCC3)no1. The van der Waals surface area contributed by atoms with Crippen LogP contribution in [0.2, 0.25) is 0 Å². The fourth-order valence-electron chi connectivity index (χ4n) is 2.61. The van der Waals surface area contributed by atoms with E-state index in [1.807, 2.05) is 6.92 Å². The molecule has 3 heterocycles. The molecule has 0 saturated carbocycles. The molecule has 0 bridgehead atoms. The van der Waals surface area contributed by atoms with Crippen molar-refractivity contribution in [3.63, 3.8) is 0 Å². The van der Waals surface area contributed by atoms with Gasteiger partial charge in [0.1, 0.15) is 0 Å². The van der Waals surface area contributed by atoms with E-state index in [1.165, 1.54) is 18.5 Å². The molecular weight excluding hydrogens is 266 g/mol. The van der Waals surface area contributed by atoms with Crippen LogP contribution < -0.4 is 5.32 Å². The van der Waals surface area contributed by atoms with E-state index in [0.29, 0.717) is 18.3 Å². The Morgan fingerprint density at radius 2 is 2.24 bits per heavy atom. The normalized spacial score (nSPS) is 15.2. The Balaban J connectivity index is 1.67. The molecule has 0 saturated heterocycles. The Morgan fingerprint density at radius 1 is 1.38 bits per heavy atom. The van der Waals surface area contributed by atoms with Crippen LogP contribution in [0.3, 0.4) is 0 Å². The molecule has 0 aliphatic carbocycles. The van der Waals surface area contributed by atoms with E-state index in [2.05, 4.69) is 45.2 Å². The number of rotatable bonds is 5. The Morgan fingerprint density at radius 3 is 2.95 bits per heavy atom. The van der Waals surface area contributed by atoms with Crippen molar-refractivity contribution in [2.24, 2.45) is 0 Å². The first-order valence-electron chi connectivity index (χ1n) is 7.72. The van der Waals surface area contributed by atoms with Gasteiger partial charge >= 0.3 is 0 Å². The van der Waals surface area contributed by atoms with Gasteiger partial charge < -0.3 is 4.52 Å². The summed E-state index contributed by atoms with van der Waals surface area (Å²) in [5.41, 5.74) is 2.10. The zero-order valence-corrected chi connectivity index (χ0v) is 13.0. The molecule has 3 rings (SSSR count). The van der Waals surface area contributed by atoms with Gasteiger partial charge in [-0.1, -0.05) is 12.1 Å². The Bertz CT molecular complexity index is 590. The molecule has 0 unspecified atom stereocenters. The molecular formula is C15H23N5O. The van der Waals surface area contributed by atoms with Crippen molar-refractivity contribution in [2.75, 3.05) is 0 Å². The van der Waals surface area contributed by atoms with Crippen LogP contribution in [0.25, 0.3) is 0 Å². The zero-order chi connectivity index (χ0) is 14.9. The lowest BCUT2D eigenvalue weighted by molar-refractivity contribution is 0.332. The molecule has 2 aromatic heterocycles. The molecule has 0 aromatic carbocycles. The van der Waals surface area contributed by atoms with Gasteiger partial charge in [-0.05, 0) is 39.2 Å². The predicted octanol–water partition coefficient (Wildman–Crippen LogP) is 2.19. The van der Waals surface area contributed by atoms with Crippen LogP contribution in [0.4, 0.5) is 0 Å². The van der Waals surface area contributed by atoms with Crippen LogP contribution >= 0.6 is 0 Å². The molecule has 6 heteroatoms. The molecule has 21 heavy (non-hydrogen) atoms. The lowest BCUT2D eigenvalue weighted by Gasteiger charge is -2.21. The van der Waals surface area contributed by atoms with Crippen LogP contribution in [0.1, 0.15) is 56.7 Å². The van der Waals surface area contributed by atoms with Crippen LogP contribution in [-0.4, -0.2) is 19.9 Å². The van der Waals surface area contributed by atoms with Crippen molar-refractivity contribution >= 4 is 0 Å². The highest BCUT2D eigenvalue weighted by molar-refractivity contribution is 5.13. The average Bonchev–Trinajstić information content (AvgIpc) is 3.11. The Kier molecular flexibility index (Phi) is 3.80. The van der Waals surface area contributed by atoms with Gasteiger partial charge in [-0.2, -0.15) is 10.1 Å².